The first-order valence-electron chi connectivity index (χ1n) is 5.47. The normalized spacial score (nSPS) is 13.1. The van der Waals surface area contributed by atoms with E-state index < -0.39 is 21.7 Å². The highest BCUT2D eigenvalue weighted by atomic mass is 35.5. The molecule has 0 bridgehead atoms. The number of halogens is 2. The summed E-state index contributed by atoms with van der Waals surface area (Å²) in [5.41, 5.74) is 0.534. The van der Waals surface area contributed by atoms with Gasteiger partial charge in [0.25, 0.3) is 0 Å². The second-order valence-electron chi connectivity index (χ2n) is 4.23. The van der Waals surface area contributed by atoms with E-state index in [9.17, 15) is 13.2 Å². The molecule has 0 amide bonds. The molecule has 0 heterocycles. The molecule has 106 valence electrons. The van der Waals surface area contributed by atoms with Crippen LogP contribution in [0.5, 0.6) is 0 Å². The van der Waals surface area contributed by atoms with Crippen molar-refractivity contribution in [1.29, 1.82) is 0 Å². The van der Waals surface area contributed by atoms with Crippen LogP contribution < -0.4 is 0 Å². The highest BCUT2D eigenvalue weighted by Crippen LogP contribution is 2.23. The fourth-order valence-electron chi connectivity index (χ4n) is 1.59. The van der Waals surface area contributed by atoms with Crippen molar-refractivity contribution in [3.05, 3.63) is 33.8 Å². The number of esters is 1. The van der Waals surface area contributed by atoms with Crippen molar-refractivity contribution in [2.45, 2.75) is 12.7 Å². The number of ether oxygens (including phenoxy) is 1. The zero-order valence-corrected chi connectivity index (χ0v) is 12.8. The Bertz CT molecular complexity index is 569. The van der Waals surface area contributed by atoms with Crippen LogP contribution >= 0.6 is 23.2 Å². The average molecular weight is 325 g/mol. The summed E-state index contributed by atoms with van der Waals surface area (Å²) in [6.07, 6.45) is 0. The van der Waals surface area contributed by atoms with E-state index in [1.54, 1.807) is 12.1 Å². The molecule has 1 rings (SSSR count). The smallest absolute Gasteiger partial charge is 0.309 e. The summed E-state index contributed by atoms with van der Waals surface area (Å²) in [7, 11) is -2.19. The van der Waals surface area contributed by atoms with Gasteiger partial charge in [-0.15, -0.1) is 0 Å². The van der Waals surface area contributed by atoms with E-state index in [0.717, 1.165) is 0 Å². The third-order valence-electron chi connectivity index (χ3n) is 2.48. The van der Waals surface area contributed by atoms with Crippen molar-refractivity contribution in [2.75, 3.05) is 12.9 Å². The van der Waals surface area contributed by atoms with Gasteiger partial charge in [-0.2, -0.15) is 0 Å². The summed E-state index contributed by atoms with van der Waals surface area (Å²) in [5.74, 6) is -1.69. The predicted molar refractivity (Wildman–Crippen MR) is 75.1 cm³/mol. The first kappa shape index (κ1) is 16.3. The Hall–Kier alpha value is -0.780. The molecule has 0 aliphatic heterocycles. The van der Waals surface area contributed by atoms with Crippen molar-refractivity contribution in [3.8, 4) is 0 Å². The van der Waals surface area contributed by atoms with Gasteiger partial charge in [0.2, 0.25) is 0 Å². The average Bonchev–Trinajstić information content (AvgIpc) is 2.31. The molecule has 19 heavy (non-hydrogen) atoms. The molecule has 4 nitrogen and oxygen atoms in total. The molecular formula is C12H14Cl2O4S. The maximum absolute atomic E-state index is 11.9. The van der Waals surface area contributed by atoms with Gasteiger partial charge in [0.15, 0.2) is 9.84 Å². The van der Waals surface area contributed by atoms with Crippen molar-refractivity contribution in [3.63, 3.8) is 0 Å². The Morgan fingerprint density at radius 3 is 2.47 bits per heavy atom. The van der Waals surface area contributed by atoms with Crippen LogP contribution in [0.4, 0.5) is 0 Å². The van der Waals surface area contributed by atoms with Crippen LogP contribution in [0.1, 0.15) is 12.5 Å². The molecule has 0 radical (unpaired) electrons. The second kappa shape index (κ2) is 6.59. The predicted octanol–water partition coefficient (Wildman–Crippen LogP) is 2.72. The van der Waals surface area contributed by atoms with Gasteiger partial charge in [0, 0.05) is 0 Å². The fraction of sp³-hybridized carbons (Fsp3) is 0.417. The molecule has 0 aliphatic carbocycles. The van der Waals surface area contributed by atoms with Gasteiger partial charge in [0.05, 0.1) is 34.6 Å². The molecule has 0 aliphatic rings. The Morgan fingerprint density at radius 2 is 1.95 bits per heavy atom. The van der Waals surface area contributed by atoms with E-state index in [4.69, 9.17) is 23.2 Å². The van der Waals surface area contributed by atoms with Gasteiger partial charge < -0.3 is 4.74 Å². The number of methoxy groups -OCH3 is 1. The molecule has 1 aromatic rings. The summed E-state index contributed by atoms with van der Waals surface area (Å²) >= 11 is 11.6. The number of benzene rings is 1. The number of sulfone groups is 1. The lowest BCUT2D eigenvalue weighted by Crippen LogP contribution is -2.23. The highest BCUT2D eigenvalue weighted by molar-refractivity contribution is 7.90. The zero-order chi connectivity index (χ0) is 14.6. The quantitative estimate of drug-likeness (QED) is 0.781. The lowest BCUT2D eigenvalue weighted by atomic mass is 10.2. The van der Waals surface area contributed by atoms with Gasteiger partial charge in [-0.25, -0.2) is 8.42 Å². The van der Waals surface area contributed by atoms with Crippen LogP contribution in [0.2, 0.25) is 10.0 Å². The van der Waals surface area contributed by atoms with E-state index in [-0.39, 0.29) is 11.5 Å². The molecular weight excluding hydrogens is 311 g/mol. The third kappa shape index (κ3) is 5.01. The molecule has 1 aromatic carbocycles. The molecule has 0 spiro atoms. The lowest BCUT2D eigenvalue weighted by Gasteiger charge is -2.10. The van der Waals surface area contributed by atoms with E-state index in [1.807, 2.05) is 0 Å². The van der Waals surface area contributed by atoms with E-state index >= 15 is 0 Å². The van der Waals surface area contributed by atoms with E-state index in [1.165, 1.54) is 20.1 Å². The summed E-state index contributed by atoms with van der Waals surface area (Å²) in [6, 6.07) is 4.64. The van der Waals surface area contributed by atoms with Crippen LogP contribution in [0, 0.1) is 5.92 Å². The van der Waals surface area contributed by atoms with Crippen LogP contribution in [0.25, 0.3) is 0 Å². The molecule has 0 N–H and O–H groups in total. The second-order valence-corrected chi connectivity index (χ2v) is 7.15. The summed E-state index contributed by atoms with van der Waals surface area (Å²) in [5, 5.41) is 0.668. The van der Waals surface area contributed by atoms with Crippen LogP contribution in [0.3, 0.4) is 0 Å². The number of carbonyl (C=O) groups excluding carboxylic acids is 1. The third-order valence-corrected chi connectivity index (χ3v) is 5.00. The monoisotopic (exact) mass is 324 g/mol. The van der Waals surface area contributed by atoms with Crippen LogP contribution in [0.15, 0.2) is 18.2 Å². The standard InChI is InChI=1S/C12H14Cl2O4S/c1-8(12(15)18-2)6-19(16,17)7-9-3-4-10(13)11(14)5-9/h3-5,8H,6-7H2,1-2H3. The first-order chi connectivity index (χ1) is 8.75. The van der Waals surface area contributed by atoms with Crippen molar-refractivity contribution < 1.29 is 17.9 Å². The van der Waals surface area contributed by atoms with Gasteiger partial charge in [-0.1, -0.05) is 36.2 Å². The Balaban J connectivity index is 2.79. The molecule has 1 unspecified atom stereocenters. The Kier molecular flexibility index (Phi) is 5.64. The molecule has 0 aromatic heterocycles. The SMILES string of the molecule is COC(=O)C(C)CS(=O)(=O)Cc1ccc(Cl)c(Cl)c1. The molecule has 1 atom stereocenters. The van der Waals surface area contributed by atoms with Gasteiger partial charge in [0.1, 0.15) is 0 Å². The van der Waals surface area contributed by atoms with Crippen molar-refractivity contribution in [2.24, 2.45) is 5.92 Å². The van der Waals surface area contributed by atoms with E-state index in [2.05, 4.69) is 4.74 Å². The zero-order valence-electron chi connectivity index (χ0n) is 10.5. The van der Waals surface area contributed by atoms with Crippen LogP contribution in [-0.4, -0.2) is 27.2 Å². The topological polar surface area (TPSA) is 60.4 Å². The number of rotatable bonds is 5. The number of hydrogen-bond donors (Lipinski definition) is 0. The summed E-state index contributed by atoms with van der Waals surface area (Å²) in [6.45, 7) is 1.51. The maximum atomic E-state index is 11.9. The van der Waals surface area contributed by atoms with Crippen LogP contribution in [-0.2, 0) is 25.1 Å². The molecule has 0 fully saturated rings. The molecule has 0 saturated carbocycles. The van der Waals surface area contributed by atoms with E-state index in [0.29, 0.717) is 15.6 Å². The number of hydrogen-bond acceptors (Lipinski definition) is 4. The van der Waals surface area contributed by atoms with Crippen molar-refractivity contribution >= 4 is 39.0 Å². The summed E-state index contributed by atoms with van der Waals surface area (Å²) < 4.78 is 28.4. The van der Waals surface area contributed by atoms with Crippen molar-refractivity contribution in [1.82, 2.24) is 0 Å². The largest absolute Gasteiger partial charge is 0.469 e. The lowest BCUT2D eigenvalue weighted by molar-refractivity contribution is -0.144. The first-order valence-corrected chi connectivity index (χ1v) is 8.05. The summed E-state index contributed by atoms with van der Waals surface area (Å²) in [4.78, 5) is 11.2. The highest BCUT2D eigenvalue weighted by Gasteiger charge is 2.22. The Morgan fingerprint density at radius 1 is 1.32 bits per heavy atom. The fourth-order valence-corrected chi connectivity index (χ4v) is 3.62. The van der Waals surface area contributed by atoms with Gasteiger partial charge >= 0.3 is 5.97 Å². The Labute approximate surface area is 122 Å². The minimum atomic E-state index is -3.42. The van der Waals surface area contributed by atoms with Gasteiger partial charge in [-0.05, 0) is 17.7 Å². The minimum Gasteiger partial charge on any atom is -0.469 e. The number of carbonyl (C=O) groups is 1. The maximum Gasteiger partial charge on any atom is 0.309 e. The minimum absolute atomic E-state index is 0.189. The molecule has 0 saturated heterocycles. The molecule has 7 heteroatoms. The van der Waals surface area contributed by atoms with Gasteiger partial charge in [-0.3, -0.25) is 4.79 Å².